The molecular formula is C17H36N4O2S. The molecule has 1 aliphatic carbocycles. The minimum atomic E-state index is -3.23. The second kappa shape index (κ2) is 9.61. The number of aliphatic imine (C=N–C) groups is 1. The van der Waals surface area contributed by atoms with E-state index < -0.39 is 15.6 Å². The van der Waals surface area contributed by atoms with Gasteiger partial charge in [-0.3, -0.25) is 4.99 Å². The predicted molar refractivity (Wildman–Crippen MR) is 102 cm³/mol. The first-order valence-corrected chi connectivity index (χ1v) is 11.0. The van der Waals surface area contributed by atoms with Crippen LogP contribution in [-0.4, -0.2) is 45.8 Å². The van der Waals surface area contributed by atoms with Gasteiger partial charge in [-0.15, -0.1) is 0 Å². The van der Waals surface area contributed by atoms with Gasteiger partial charge in [0.1, 0.15) is 0 Å². The summed E-state index contributed by atoms with van der Waals surface area (Å²) >= 11 is 0. The van der Waals surface area contributed by atoms with Gasteiger partial charge in [-0.05, 0) is 39.5 Å². The summed E-state index contributed by atoms with van der Waals surface area (Å²) in [5.41, 5.74) is -0.573. The van der Waals surface area contributed by atoms with Crippen LogP contribution in [0.3, 0.4) is 0 Å². The predicted octanol–water partition coefficient (Wildman–Crippen LogP) is 2.23. The van der Waals surface area contributed by atoms with E-state index in [0.29, 0.717) is 12.6 Å². The molecule has 0 aliphatic heterocycles. The lowest BCUT2D eigenvalue weighted by Gasteiger charge is -2.28. The molecule has 0 aromatic rings. The molecule has 0 saturated heterocycles. The van der Waals surface area contributed by atoms with Crippen molar-refractivity contribution < 1.29 is 8.42 Å². The quantitative estimate of drug-likeness (QED) is 0.458. The fraction of sp³-hybridized carbons (Fsp3) is 0.941. The highest BCUT2D eigenvalue weighted by Gasteiger charge is 2.22. The first-order valence-electron chi connectivity index (χ1n) is 9.07. The van der Waals surface area contributed by atoms with Crippen molar-refractivity contribution in [1.82, 2.24) is 15.4 Å². The molecule has 1 aliphatic rings. The number of guanidine groups is 1. The molecule has 0 amide bonds. The number of hydrogen-bond donors (Lipinski definition) is 3. The van der Waals surface area contributed by atoms with Crippen LogP contribution in [0.4, 0.5) is 0 Å². The van der Waals surface area contributed by atoms with E-state index in [4.69, 9.17) is 0 Å². The Balaban J connectivity index is 2.35. The van der Waals surface area contributed by atoms with E-state index in [9.17, 15) is 8.42 Å². The molecule has 1 fully saturated rings. The molecule has 3 N–H and O–H groups in total. The highest BCUT2D eigenvalue weighted by molar-refractivity contribution is 7.88. The van der Waals surface area contributed by atoms with E-state index >= 15 is 0 Å². The Kier molecular flexibility index (Phi) is 8.50. The first kappa shape index (κ1) is 21.2. The van der Waals surface area contributed by atoms with Crippen molar-refractivity contribution in [3.63, 3.8) is 0 Å². The van der Waals surface area contributed by atoms with Gasteiger partial charge in [-0.2, -0.15) is 0 Å². The van der Waals surface area contributed by atoms with Gasteiger partial charge in [0.25, 0.3) is 0 Å². The molecule has 6 nitrogen and oxygen atoms in total. The van der Waals surface area contributed by atoms with E-state index in [1.165, 1.54) is 44.8 Å². The maximum absolute atomic E-state index is 11.4. The van der Waals surface area contributed by atoms with Crippen LogP contribution in [0.5, 0.6) is 0 Å². The second-order valence-corrected chi connectivity index (χ2v) is 9.56. The van der Waals surface area contributed by atoms with Gasteiger partial charge in [0.2, 0.25) is 10.0 Å². The third-order valence-corrected chi connectivity index (χ3v) is 5.42. The molecule has 142 valence electrons. The zero-order valence-corrected chi connectivity index (χ0v) is 16.8. The van der Waals surface area contributed by atoms with E-state index in [0.717, 1.165) is 18.3 Å². The highest BCUT2D eigenvalue weighted by atomic mass is 32.2. The Morgan fingerprint density at radius 1 is 1.25 bits per heavy atom. The summed E-state index contributed by atoms with van der Waals surface area (Å²) < 4.78 is 25.4. The number of nitrogens with one attached hydrogen (secondary N) is 3. The molecule has 1 unspecified atom stereocenters. The van der Waals surface area contributed by atoms with Crippen LogP contribution in [-0.2, 0) is 10.0 Å². The van der Waals surface area contributed by atoms with Crippen molar-refractivity contribution in [3.05, 3.63) is 0 Å². The van der Waals surface area contributed by atoms with Crippen molar-refractivity contribution in [3.8, 4) is 0 Å². The molecule has 0 aromatic carbocycles. The number of sulfonamides is 1. The average Bonchev–Trinajstić information content (AvgIpc) is 2.48. The molecule has 1 saturated carbocycles. The first-order chi connectivity index (χ1) is 11.1. The van der Waals surface area contributed by atoms with E-state index in [1.54, 1.807) is 7.05 Å². The molecule has 0 heterocycles. The van der Waals surface area contributed by atoms with E-state index in [1.807, 2.05) is 13.8 Å². The van der Waals surface area contributed by atoms with Crippen LogP contribution >= 0.6 is 0 Å². The van der Waals surface area contributed by atoms with Crippen LogP contribution in [0, 0.1) is 5.92 Å². The molecule has 24 heavy (non-hydrogen) atoms. The van der Waals surface area contributed by atoms with Crippen LogP contribution in [0.2, 0.25) is 0 Å². The van der Waals surface area contributed by atoms with Crippen LogP contribution in [0.1, 0.15) is 65.7 Å². The molecule has 7 heteroatoms. The van der Waals surface area contributed by atoms with Gasteiger partial charge in [0.15, 0.2) is 5.96 Å². The summed E-state index contributed by atoms with van der Waals surface area (Å²) in [6, 6.07) is 0.351. The van der Waals surface area contributed by atoms with Crippen molar-refractivity contribution >= 4 is 16.0 Å². The number of nitrogens with zero attached hydrogens (tertiary/aromatic N) is 1. The highest BCUT2D eigenvalue weighted by Crippen LogP contribution is 2.27. The second-order valence-electron chi connectivity index (χ2n) is 7.81. The smallest absolute Gasteiger partial charge is 0.209 e. The van der Waals surface area contributed by atoms with Crippen molar-refractivity contribution in [2.24, 2.45) is 10.9 Å². The summed E-state index contributed by atoms with van der Waals surface area (Å²) in [4.78, 5) is 4.24. The standard InChI is InChI=1S/C17H36N4O2S/c1-14(11-12-15-9-7-6-8-10-15)20-16(18-4)19-13-17(2,3)21-24(5,22)23/h14-15,21H,6-13H2,1-5H3,(H2,18,19,20). The van der Waals surface area contributed by atoms with E-state index in [-0.39, 0.29) is 0 Å². The summed E-state index contributed by atoms with van der Waals surface area (Å²) in [6.07, 6.45) is 10.5. The third kappa shape index (κ3) is 9.47. The lowest BCUT2D eigenvalue weighted by Crippen LogP contribution is -2.53. The Bertz CT molecular complexity index is 497. The van der Waals surface area contributed by atoms with Crippen molar-refractivity contribution in [1.29, 1.82) is 0 Å². The molecule has 1 atom stereocenters. The summed E-state index contributed by atoms with van der Waals surface area (Å²) in [5, 5.41) is 6.62. The van der Waals surface area contributed by atoms with Gasteiger partial charge < -0.3 is 10.6 Å². The fourth-order valence-electron chi connectivity index (χ4n) is 3.30. The van der Waals surface area contributed by atoms with Gasteiger partial charge in [-0.25, -0.2) is 13.1 Å². The fourth-order valence-corrected chi connectivity index (χ4v) is 4.38. The van der Waals surface area contributed by atoms with Gasteiger partial charge in [0, 0.05) is 25.2 Å². The van der Waals surface area contributed by atoms with Gasteiger partial charge in [-0.1, -0.05) is 32.1 Å². The van der Waals surface area contributed by atoms with Gasteiger partial charge in [0.05, 0.1) is 6.26 Å². The zero-order valence-electron chi connectivity index (χ0n) is 16.0. The Hall–Kier alpha value is -0.820. The number of rotatable bonds is 8. The lowest BCUT2D eigenvalue weighted by atomic mass is 9.85. The molecule has 0 aromatic heterocycles. The van der Waals surface area contributed by atoms with Crippen molar-refractivity contribution in [2.75, 3.05) is 19.8 Å². The number of hydrogen-bond acceptors (Lipinski definition) is 3. The maximum Gasteiger partial charge on any atom is 0.209 e. The lowest BCUT2D eigenvalue weighted by molar-refractivity contribution is 0.322. The Morgan fingerprint density at radius 3 is 2.42 bits per heavy atom. The van der Waals surface area contributed by atoms with Crippen molar-refractivity contribution in [2.45, 2.75) is 77.3 Å². The Morgan fingerprint density at radius 2 is 1.88 bits per heavy atom. The maximum atomic E-state index is 11.4. The third-order valence-electron chi connectivity index (χ3n) is 4.50. The Labute approximate surface area is 148 Å². The minimum absolute atomic E-state index is 0.351. The normalized spacial score (nSPS) is 19.1. The largest absolute Gasteiger partial charge is 0.355 e. The molecule has 0 bridgehead atoms. The molecular weight excluding hydrogens is 324 g/mol. The molecule has 0 radical (unpaired) electrons. The van der Waals surface area contributed by atoms with E-state index in [2.05, 4.69) is 27.3 Å². The topological polar surface area (TPSA) is 82.6 Å². The molecule has 1 rings (SSSR count). The summed E-state index contributed by atoms with van der Waals surface area (Å²) in [5.74, 6) is 1.60. The van der Waals surface area contributed by atoms with Crippen LogP contribution in [0.15, 0.2) is 4.99 Å². The van der Waals surface area contributed by atoms with Crippen LogP contribution < -0.4 is 15.4 Å². The van der Waals surface area contributed by atoms with Crippen LogP contribution in [0.25, 0.3) is 0 Å². The average molecular weight is 361 g/mol. The van der Waals surface area contributed by atoms with Gasteiger partial charge >= 0.3 is 0 Å². The summed E-state index contributed by atoms with van der Waals surface area (Å²) in [6.45, 7) is 6.34. The monoisotopic (exact) mass is 360 g/mol. The zero-order chi connectivity index (χ0) is 18.2. The minimum Gasteiger partial charge on any atom is -0.355 e. The molecule has 0 spiro atoms. The SMILES string of the molecule is CN=C(NCC(C)(C)NS(C)(=O)=O)NC(C)CCC1CCCCC1. The summed E-state index contributed by atoms with van der Waals surface area (Å²) in [7, 11) is -1.49.